The first-order valence-corrected chi connectivity index (χ1v) is 14.6. The van der Waals surface area contributed by atoms with Gasteiger partial charge in [-0.05, 0) is 81.1 Å². The number of amides is 2. The summed E-state index contributed by atoms with van der Waals surface area (Å²) in [4.78, 5) is 29.3. The van der Waals surface area contributed by atoms with Crippen molar-refractivity contribution in [1.82, 2.24) is 15.5 Å². The van der Waals surface area contributed by atoms with Crippen LogP contribution in [-0.4, -0.2) is 48.5 Å². The summed E-state index contributed by atoms with van der Waals surface area (Å²) in [6, 6.07) is 24.4. The molecule has 0 radical (unpaired) electrons. The summed E-state index contributed by atoms with van der Waals surface area (Å²) in [7, 11) is 3.59. The third kappa shape index (κ3) is 10.9. The normalized spacial score (nSPS) is 13.0. The van der Waals surface area contributed by atoms with Crippen LogP contribution in [0.1, 0.15) is 57.7 Å². The van der Waals surface area contributed by atoms with Gasteiger partial charge in [0.25, 0.3) is 0 Å². The quantitative estimate of drug-likeness (QED) is 0.256. The molecule has 0 saturated heterocycles. The second-order valence-electron chi connectivity index (χ2n) is 12.3. The van der Waals surface area contributed by atoms with Gasteiger partial charge in [-0.1, -0.05) is 68.4 Å². The first-order valence-electron chi connectivity index (χ1n) is 14.6. The summed E-state index contributed by atoms with van der Waals surface area (Å²) in [6.45, 7) is 11.1. The first-order chi connectivity index (χ1) is 19.9. The van der Waals surface area contributed by atoms with Crippen molar-refractivity contribution in [3.05, 3.63) is 95.6 Å². The number of carbonyl (C=O) groups excluding carboxylic acids is 2. The number of likely N-dealkylation sites (N-methyl/N-ethyl adjacent to an activating group) is 1. The van der Waals surface area contributed by atoms with Gasteiger partial charge in [0, 0.05) is 18.5 Å². The second kappa shape index (κ2) is 15.4. The SMILES string of the molecule is COc1cccc(CN(C)C(CC(C)C)C(=O)NC(Cc2ccc(OCc3ccccc3)cc2)C(=O)NC(C)(C)C)c1. The Hall–Kier alpha value is -3.84. The minimum Gasteiger partial charge on any atom is -0.497 e. The lowest BCUT2D eigenvalue weighted by atomic mass is 9.99. The van der Waals surface area contributed by atoms with E-state index in [9.17, 15) is 9.59 Å². The van der Waals surface area contributed by atoms with E-state index in [0.717, 1.165) is 28.2 Å². The van der Waals surface area contributed by atoms with Crippen LogP contribution < -0.4 is 20.1 Å². The Kier molecular flexibility index (Phi) is 12.0. The maximum absolute atomic E-state index is 13.8. The summed E-state index contributed by atoms with van der Waals surface area (Å²) in [5.74, 6) is 1.45. The number of benzene rings is 3. The highest BCUT2D eigenvalue weighted by molar-refractivity contribution is 5.90. The van der Waals surface area contributed by atoms with Crippen LogP contribution in [0, 0.1) is 5.92 Å². The van der Waals surface area contributed by atoms with E-state index in [1.807, 2.05) is 112 Å². The molecule has 3 aromatic carbocycles. The topological polar surface area (TPSA) is 79.9 Å². The molecule has 0 bridgehead atoms. The Bertz CT molecular complexity index is 1270. The van der Waals surface area contributed by atoms with E-state index in [1.165, 1.54) is 0 Å². The van der Waals surface area contributed by atoms with Crippen LogP contribution in [0.3, 0.4) is 0 Å². The largest absolute Gasteiger partial charge is 0.497 e. The number of hydrogen-bond donors (Lipinski definition) is 2. The molecule has 3 rings (SSSR count). The molecule has 2 atom stereocenters. The van der Waals surface area contributed by atoms with Gasteiger partial charge in [0.15, 0.2) is 0 Å². The van der Waals surface area contributed by atoms with Crippen molar-refractivity contribution in [2.75, 3.05) is 14.2 Å². The van der Waals surface area contributed by atoms with Crippen LogP contribution in [0.4, 0.5) is 0 Å². The molecule has 2 N–H and O–H groups in total. The standard InChI is InChI=1S/C35H47N3O4/c1-25(2)20-32(38(6)23-28-14-11-15-30(21-28)41-7)34(40)36-31(33(39)37-35(3,4)5)22-26-16-18-29(19-17-26)42-24-27-12-9-8-10-13-27/h8-19,21,25,31-32H,20,22-24H2,1-7H3,(H,36,40)(H,37,39). The molecule has 7 nitrogen and oxygen atoms in total. The molecular formula is C35H47N3O4. The first kappa shape index (κ1) is 32.7. The molecule has 0 aromatic heterocycles. The molecule has 0 saturated carbocycles. The zero-order valence-electron chi connectivity index (χ0n) is 26.1. The lowest BCUT2D eigenvalue weighted by molar-refractivity contribution is -0.132. The number of hydrogen-bond acceptors (Lipinski definition) is 5. The van der Waals surface area contributed by atoms with E-state index in [2.05, 4.69) is 24.5 Å². The average molecular weight is 574 g/mol. The van der Waals surface area contributed by atoms with E-state index in [-0.39, 0.29) is 11.8 Å². The lowest BCUT2D eigenvalue weighted by Gasteiger charge is -2.31. The minimum atomic E-state index is -0.729. The van der Waals surface area contributed by atoms with Crippen LogP contribution in [0.5, 0.6) is 11.5 Å². The molecule has 2 unspecified atom stereocenters. The fraction of sp³-hybridized carbons (Fsp3) is 0.429. The highest BCUT2D eigenvalue weighted by atomic mass is 16.5. The molecule has 0 fully saturated rings. The summed E-state index contributed by atoms with van der Waals surface area (Å²) in [5.41, 5.74) is 2.64. The monoisotopic (exact) mass is 573 g/mol. The zero-order chi connectivity index (χ0) is 30.7. The van der Waals surface area contributed by atoms with E-state index in [0.29, 0.717) is 31.9 Å². The van der Waals surface area contributed by atoms with Gasteiger partial charge >= 0.3 is 0 Å². The van der Waals surface area contributed by atoms with Crippen molar-refractivity contribution < 1.29 is 19.1 Å². The smallest absolute Gasteiger partial charge is 0.243 e. The van der Waals surface area contributed by atoms with E-state index in [4.69, 9.17) is 9.47 Å². The van der Waals surface area contributed by atoms with E-state index >= 15 is 0 Å². The van der Waals surface area contributed by atoms with E-state index < -0.39 is 17.6 Å². The number of methoxy groups -OCH3 is 1. The predicted octanol–water partition coefficient (Wildman–Crippen LogP) is 5.76. The maximum atomic E-state index is 13.8. The maximum Gasteiger partial charge on any atom is 0.243 e. The molecule has 2 amide bonds. The van der Waals surface area contributed by atoms with Crippen molar-refractivity contribution in [3.63, 3.8) is 0 Å². The Balaban J connectivity index is 1.74. The molecule has 42 heavy (non-hydrogen) atoms. The van der Waals surface area contributed by atoms with E-state index in [1.54, 1.807) is 7.11 Å². The van der Waals surface area contributed by atoms with Crippen molar-refractivity contribution in [2.45, 2.75) is 78.2 Å². The fourth-order valence-electron chi connectivity index (χ4n) is 4.73. The van der Waals surface area contributed by atoms with Crippen molar-refractivity contribution in [3.8, 4) is 11.5 Å². The lowest BCUT2D eigenvalue weighted by Crippen LogP contribution is -2.56. The Morgan fingerprint density at radius 2 is 1.50 bits per heavy atom. The molecule has 3 aromatic rings. The van der Waals surface area contributed by atoms with Gasteiger partial charge < -0.3 is 20.1 Å². The second-order valence-corrected chi connectivity index (χ2v) is 12.3. The number of nitrogens with one attached hydrogen (secondary N) is 2. The predicted molar refractivity (Wildman–Crippen MR) is 168 cm³/mol. The van der Waals surface area contributed by atoms with Gasteiger partial charge in [-0.25, -0.2) is 0 Å². The molecule has 0 aliphatic heterocycles. The van der Waals surface area contributed by atoms with Gasteiger partial charge in [0.05, 0.1) is 13.2 Å². The zero-order valence-corrected chi connectivity index (χ0v) is 26.1. The van der Waals surface area contributed by atoms with Gasteiger partial charge in [0.1, 0.15) is 24.1 Å². The highest BCUT2D eigenvalue weighted by Crippen LogP contribution is 2.19. The summed E-state index contributed by atoms with van der Waals surface area (Å²) in [5, 5.41) is 6.15. The third-order valence-electron chi connectivity index (χ3n) is 6.84. The Labute approximate surface area is 251 Å². The molecule has 0 aliphatic carbocycles. The van der Waals surface area contributed by atoms with Gasteiger partial charge in [0.2, 0.25) is 11.8 Å². The molecule has 226 valence electrons. The molecule has 0 heterocycles. The van der Waals surface area contributed by atoms with Crippen LogP contribution in [0.2, 0.25) is 0 Å². The van der Waals surface area contributed by atoms with Gasteiger partial charge in [-0.3, -0.25) is 14.5 Å². The number of ether oxygens (including phenoxy) is 2. The van der Waals surface area contributed by atoms with Crippen LogP contribution in [-0.2, 0) is 29.2 Å². The third-order valence-corrected chi connectivity index (χ3v) is 6.84. The highest BCUT2D eigenvalue weighted by Gasteiger charge is 2.30. The number of carbonyl (C=O) groups is 2. The van der Waals surface area contributed by atoms with Crippen LogP contribution in [0.25, 0.3) is 0 Å². The summed E-state index contributed by atoms with van der Waals surface area (Å²) in [6.07, 6.45) is 1.02. The Morgan fingerprint density at radius 3 is 2.12 bits per heavy atom. The average Bonchev–Trinajstić information content (AvgIpc) is 2.94. The summed E-state index contributed by atoms with van der Waals surface area (Å²) >= 11 is 0. The minimum absolute atomic E-state index is 0.161. The number of nitrogens with zero attached hydrogens (tertiary/aromatic N) is 1. The van der Waals surface area contributed by atoms with Gasteiger partial charge in [-0.2, -0.15) is 0 Å². The molecule has 0 aliphatic rings. The van der Waals surface area contributed by atoms with Crippen molar-refractivity contribution in [1.29, 1.82) is 0 Å². The van der Waals surface area contributed by atoms with Gasteiger partial charge in [-0.15, -0.1) is 0 Å². The molecule has 0 spiro atoms. The van der Waals surface area contributed by atoms with Crippen LogP contribution in [0.15, 0.2) is 78.9 Å². The van der Waals surface area contributed by atoms with Crippen molar-refractivity contribution >= 4 is 11.8 Å². The molecule has 7 heteroatoms. The fourth-order valence-corrected chi connectivity index (χ4v) is 4.73. The number of rotatable bonds is 14. The van der Waals surface area contributed by atoms with Crippen molar-refractivity contribution in [2.24, 2.45) is 5.92 Å². The Morgan fingerprint density at radius 1 is 0.833 bits per heavy atom. The van der Waals surface area contributed by atoms with Crippen LogP contribution >= 0.6 is 0 Å². The summed E-state index contributed by atoms with van der Waals surface area (Å²) < 4.78 is 11.3. The molecular weight excluding hydrogens is 526 g/mol.